The zero-order valence-corrected chi connectivity index (χ0v) is 15.8. The molecular weight excluding hydrogens is 356 g/mol. The smallest absolute Gasteiger partial charge is 0.242 e. The first kappa shape index (κ1) is 17.9. The lowest BCUT2D eigenvalue weighted by atomic mass is 10.1. The molecule has 1 amide bonds. The Hall–Kier alpha value is -3.46. The van der Waals surface area contributed by atoms with Crippen LogP contribution in [0.4, 0.5) is 5.82 Å². The summed E-state index contributed by atoms with van der Waals surface area (Å²) in [6, 6.07) is 9.39. The van der Waals surface area contributed by atoms with Crippen LogP contribution in [0.1, 0.15) is 17.0 Å². The molecular formula is C19H22N8O. The summed E-state index contributed by atoms with van der Waals surface area (Å²) in [4.78, 5) is 16.9. The maximum atomic E-state index is 12.5. The largest absolute Gasteiger partial charge is 0.333 e. The lowest BCUT2D eigenvalue weighted by Crippen LogP contribution is -2.37. The Morgan fingerprint density at radius 3 is 2.89 bits per heavy atom. The van der Waals surface area contributed by atoms with Gasteiger partial charge >= 0.3 is 0 Å². The van der Waals surface area contributed by atoms with Crippen LogP contribution in [0.15, 0.2) is 42.9 Å². The SMILES string of the molecule is Cc1nn(C)c2n[nH]c(NC(=O)[C@@H](N)Cc3cn(Cc4ccccc4)cn3)c12. The van der Waals surface area contributed by atoms with E-state index in [1.165, 1.54) is 5.56 Å². The van der Waals surface area contributed by atoms with Gasteiger partial charge in [-0.2, -0.15) is 10.2 Å². The van der Waals surface area contributed by atoms with Gasteiger partial charge in [0.2, 0.25) is 5.91 Å². The van der Waals surface area contributed by atoms with Crippen molar-refractivity contribution in [3.8, 4) is 0 Å². The molecule has 9 nitrogen and oxygen atoms in total. The monoisotopic (exact) mass is 378 g/mol. The highest BCUT2D eigenvalue weighted by atomic mass is 16.2. The van der Waals surface area contributed by atoms with Crippen molar-refractivity contribution in [2.75, 3.05) is 5.32 Å². The highest BCUT2D eigenvalue weighted by molar-refractivity contribution is 6.01. The van der Waals surface area contributed by atoms with Gasteiger partial charge in [-0.15, -0.1) is 0 Å². The number of fused-ring (bicyclic) bond motifs is 1. The quantitative estimate of drug-likeness (QED) is 0.468. The average molecular weight is 378 g/mol. The van der Waals surface area contributed by atoms with Gasteiger partial charge in [-0.25, -0.2) is 9.67 Å². The molecule has 4 N–H and O–H groups in total. The maximum Gasteiger partial charge on any atom is 0.242 e. The molecule has 0 spiro atoms. The van der Waals surface area contributed by atoms with E-state index in [1.54, 1.807) is 18.1 Å². The van der Waals surface area contributed by atoms with E-state index in [-0.39, 0.29) is 5.91 Å². The molecule has 0 fully saturated rings. The van der Waals surface area contributed by atoms with Crippen molar-refractivity contribution >= 4 is 22.8 Å². The van der Waals surface area contributed by atoms with Crippen LogP contribution in [-0.2, 0) is 24.8 Å². The number of benzene rings is 1. The number of imidazole rings is 1. The van der Waals surface area contributed by atoms with Crippen molar-refractivity contribution in [1.29, 1.82) is 0 Å². The highest BCUT2D eigenvalue weighted by Crippen LogP contribution is 2.23. The first-order valence-electron chi connectivity index (χ1n) is 9.00. The van der Waals surface area contributed by atoms with Gasteiger partial charge in [-0.1, -0.05) is 30.3 Å². The molecule has 0 aliphatic carbocycles. The number of nitrogens with one attached hydrogen (secondary N) is 2. The van der Waals surface area contributed by atoms with Crippen LogP contribution in [0.3, 0.4) is 0 Å². The molecule has 0 unspecified atom stereocenters. The molecule has 0 radical (unpaired) electrons. The van der Waals surface area contributed by atoms with Gasteiger partial charge in [0.05, 0.1) is 29.1 Å². The fraction of sp³-hybridized carbons (Fsp3) is 0.263. The lowest BCUT2D eigenvalue weighted by Gasteiger charge is -2.10. The van der Waals surface area contributed by atoms with Crippen LogP contribution in [0.25, 0.3) is 11.0 Å². The second kappa shape index (κ2) is 7.28. The van der Waals surface area contributed by atoms with E-state index in [9.17, 15) is 4.79 Å². The summed E-state index contributed by atoms with van der Waals surface area (Å²) >= 11 is 0. The lowest BCUT2D eigenvalue weighted by molar-refractivity contribution is -0.117. The van der Waals surface area contributed by atoms with Crippen LogP contribution < -0.4 is 11.1 Å². The fourth-order valence-electron chi connectivity index (χ4n) is 3.25. The highest BCUT2D eigenvalue weighted by Gasteiger charge is 2.20. The van der Waals surface area contributed by atoms with Crippen LogP contribution in [-0.4, -0.2) is 41.5 Å². The molecule has 0 saturated carbocycles. The second-order valence-electron chi connectivity index (χ2n) is 6.83. The molecule has 0 aliphatic heterocycles. The number of aryl methyl sites for hydroxylation is 2. The van der Waals surface area contributed by atoms with E-state index >= 15 is 0 Å². The normalized spacial score (nSPS) is 12.4. The Bertz CT molecular complexity index is 1110. The summed E-state index contributed by atoms with van der Waals surface area (Å²) in [5, 5.41) is 14.9. The number of hydrogen-bond donors (Lipinski definition) is 3. The maximum absolute atomic E-state index is 12.5. The van der Waals surface area contributed by atoms with Crippen LogP contribution in [0.5, 0.6) is 0 Å². The van der Waals surface area contributed by atoms with Crippen molar-refractivity contribution < 1.29 is 4.79 Å². The molecule has 0 bridgehead atoms. The molecule has 0 saturated heterocycles. The number of aromatic amines is 1. The minimum absolute atomic E-state index is 0.300. The van der Waals surface area contributed by atoms with E-state index in [2.05, 4.69) is 37.7 Å². The van der Waals surface area contributed by atoms with Crippen LogP contribution >= 0.6 is 0 Å². The minimum Gasteiger partial charge on any atom is -0.333 e. The van der Waals surface area contributed by atoms with E-state index in [0.717, 1.165) is 23.3 Å². The number of carbonyl (C=O) groups is 1. The first-order chi connectivity index (χ1) is 13.5. The van der Waals surface area contributed by atoms with Gasteiger partial charge in [0, 0.05) is 26.2 Å². The third-order valence-corrected chi connectivity index (χ3v) is 4.62. The Kier molecular flexibility index (Phi) is 4.66. The predicted molar refractivity (Wildman–Crippen MR) is 106 cm³/mol. The molecule has 9 heteroatoms. The molecule has 4 rings (SSSR count). The van der Waals surface area contributed by atoms with E-state index in [4.69, 9.17) is 5.73 Å². The summed E-state index contributed by atoms with van der Waals surface area (Å²) in [5.41, 5.74) is 9.52. The van der Waals surface area contributed by atoms with Gasteiger partial charge in [0.25, 0.3) is 0 Å². The number of nitrogens with two attached hydrogens (primary N) is 1. The Morgan fingerprint density at radius 1 is 1.32 bits per heavy atom. The van der Waals surface area contributed by atoms with Crippen LogP contribution in [0.2, 0.25) is 0 Å². The topological polar surface area (TPSA) is 119 Å². The third kappa shape index (κ3) is 3.52. The van der Waals surface area contributed by atoms with Crippen molar-refractivity contribution in [2.45, 2.75) is 25.9 Å². The van der Waals surface area contributed by atoms with Gasteiger partial charge in [-0.05, 0) is 12.5 Å². The molecule has 3 heterocycles. The summed E-state index contributed by atoms with van der Waals surface area (Å²) < 4.78 is 3.64. The van der Waals surface area contributed by atoms with E-state index in [0.29, 0.717) is 17.9 Å². The minimum atomic E-state index is -0.726. The first-order valence-corrected chi connectivity index (χ1v) is 9.00. The molecule has 1 aromatic carbocycles. The summed E-state index contributed by atoms with van der Waals surface area (Å²) in [5.74, 6) is 0.210. The van der Waals surface area contributed by atoms with Crippen molar-refractivity contribution in [3.63, 3.8) is 0 Å². The van der Waals surface area contributed by atoms with Crippen molar-refractivity contribution in [1.82, 2.24) is 29.5 Å². The molecule has 4 aromatic rings. The zero-order chi connectivity index (χ0) is 19.7. The number of anilines is 1. The number of H-pyrrole nitrogens is 1. The zero-order valence-electron chi connectivity index (χ0n) is 15.8. The molecule has 3 aromatic heterocycles. The van der Waals surface area contributed by atoms with Gasteiger partial charge in [0.1, 0.15) is 5.82 Å². The number of carbonyl (C=O) groups excluding carboxylic acids is 1. The van der Waals surface area contributed by atoms with Gasteiger partial charge in [0.15, 0.2) is 5.65 Å². The second-order valence-corrected chi connectivity index (χ2v) is 6.83. The summed E-state index contributed by atoms with van der Waals surface area (Å²) in [6.07, 6.45) is 4.01. The number of amides is 1. The van der Waals surface area contributed by atoms with Gasteiger partial charge in [-0.3, -0.25) is 9.89 Å². The standard InChI is InChI=1S/C19H22N8O/c1-12-16-17(23-24-18(16)26(2)25-12)22-19(28)15(20)8-14-10-27(11-21-14)9-13-6-4-3-5-7-13/h3-7,10-11,15H,8-9,20H2,1-2H3,(H2,22,23,24,28)/t15-/m0/s1. The van der Waals surface area contributed by atoms with E-state index in [1.807, 2.05) is 35.9 Å². The fourth-order valence-corrected chi connectivity index (χ4v) is 3.25. The Morgan fingerprint density at radius 2 is 2.11 bits per heavy atom. The average Bonchev–Trinajstić information content (AvgIpc) is 3.35. The van der Waals surface area contributed by atoms with E-state index < -0.39 is 6.04 Å². The number of aromatic nitrogens is 6. The summed E-state index contributed by atoms with van der Waals surface area (Å²) in [6.45, 7) is 2.59. The molecule has 0 aliphatic rings. The van der Waals surface area contributed by atoms with Gasteiger partial charge < -0.3 is 15.6 Å². The number of nitrogens with zero attached hydrogens (tertiary/aromatic N) is 5. The Labute approximate surface area is 161 Å². The number of hydrogen-bond acceptors (Lipinski definition) is 5. The third-order valence-electron chi connectivity index (χ3n) is 4.62. The molecule has 28 heavy (non-hydrogen) atoms. The number of rotatable bonds is 6. The Balaban J connectivity index is 1.40. The molecule has 144 valence electrons. The summed E-state index contributed by atoms with van der Waals surface area (Å²) in [7, 11) is 1.80. The van der Waals surface area contributed by atoms with Crippen molar-refractivity contribution in [3.05, 3.63) is 59.8 Å². The van der Waals surface area contributed by atoms with Crippen LogP contribution in [0, 0.1) is 6.92 Å². The van der Waals surface area contributed by atoms with Crippen molar-refractivity contribution in [2.24, 2.45) is 12.8 Å². The molecule has 1 atom stereocenters. The predicted octanol–water partition coefficient (Wildman–Crippen LogP) is 1.36.